The van der Waals surface area contributed by atoms with Crippen molar-refractivity contribution < 1.29 is 18.7 Å². The zero-order valence-corrected chi connectivity index (χ0v) is 11.9. The molecule has 0 aliphatic heterocycles. The number of rotatable bonds is 6. The Labute approximate surface area is 119 Å². The van der Waals surface area contributed by atoms with E-state index in [0.29, 0.717) is 17.4 Å². The van der Waals surface area contributed by atoms with Gasteiger partial charge < -0.3 is 9.47 Å². The Bertz CT molecular complexity index is 615. The summed E-state index contributed by atoms with van der Waals surface area (Å²) < 4.78 is 23.8. The van der Waals surface area contributed by atoms with Crippen LogP contribution in [0.1, 0.15) is 27.3 Å². The van der Waals surface area contributed by atoms with Crippen LogP contribution in [-0.4, -0.2) is 23.1 Å². The normalized spacial score (nSPS) is 10.6. The molecule has 0 spiro atoms. The Morgan fingerprint density at radius 3 is 2.65 bits per heavy atom. The number of methoxy groups -OCH3 is 1. The summed E-state index contributed by atoms with van der Waals surface area (Å²) in [5.74, 6) is -0.477. The second-order valence-corrected chi connectivity index (χ2v) is 5.16. The molecule has 0 radical (unpaired) electrons. The van der Waals surface area contributed by atoms with Crippen molar-refractivity contribution in [1.82, 2.24) is 10.2 Å². The highest BCUT2D eigenvalue weighted by Gasteiger charge is 2.10. The molecule has 7 heteroatoms. The number of halogens is 1. The second kappa shape index (κ2) is 6.53. The maximum atomic E-state index is 13.4. The van der Waals surface area contributed by atoms with E-state index in [1.807, 2.05) is 0 Å². The van der Waals surface area contributed by atoms with Crippen LogP contribution in [0.2, 0.25) is 0 Å². The minimum Gasteiger partial charge on any atom is -0.486 e. The van der Waals surface area contributed by atoms with Gasteiger partial charge in [0.15, 0.2) is 10.8 Å². The average Bonchev–Trinajstić information content (AvgIpc) is 2.86. The smallest absolute Gasteiger partial charge is 0.162 e. The van der Waals surface area contributed by atoms with Crippen LogP contribution in [0, 0.1) is 5.82 Å². The van der Waals surface area contributed by atoms with Crippen molar-refractivity contribution >= 4 is 17.1 Å². The summed E-state index contributed by atoms with van der Waals surface area (Å²) in [5, 5.41) is 9.32. The van der Waals surface area contributed by atoms with E-state index in [4.69, 9.17) is 9.47 Å². The standard InChI is InChI=1S/C13H13FN2O3S/c1-8(17)10-5-9(3-4-11(10)14)19-7-13-16-15-12(20-13)6-18-2/h3-5H,6-7H2,1-2H3. The van der Waals surface area contributed by atoms with E-state index in [1.165, 1.54) is 36.5 Å². The van der Waals surface area contributed by atoms with Crippen LogP contribution in [0.15, 0.2) is 18.2 Å². The highest BCUT2D eigenvalue weighted by atomic mass is 32.1. The zero-order chi connectivity index (χ0) is 14.5. The molecule has 0 aliphatic carbocycles. The molecule has 0 saturated carbocycles. The molecular weight excluding hydrogens is 283 g/mol. The molecule has 0 saturated heterocycles. The Morgan fingerprint density at radius 2 is 2.00 bits per heavy atom. The van der Waals surface area contributed by atoms with Gasteiger partial charge in [0.05, 0.1) is 12.2 Å². The minimum absolute atomic E-state index is 0.0137. The number of benzene rings is 1. The van der Waals surface area contributed by atoms with Gasteiger partial charge in [0.1, 0.15) is 23.2 Å². The van der Waals surface area contributed by atoms with Crippen LogP contribution >= 0.6 is 11.3 Å². The SMILES string of the molecule is COCc1nnc(COc2ccc(F)c(C(C)=O)c2)s1. The lowest BCUT2D eigenvalue weighted by Crippen LogP contribution is -2.00. The monoisotopic (exact) mass is 296 g/mol. The summed E-state index contributed by atoms with van der Waals surface area (Å²) in [6.07, 6.45) is 0. The molecule has 20 heavy (non-hydrogen) atoms. The van der Waals surface area contributed by atoms with Crippen LogP contribution in [-0.2, 0) is 18.0 Å². The first-order valence-electron chi connectivity index (χ1n) is 5.83. The first-order valence-corrected chi connectivity index (χ1v) is 6.65. The number of hydrogen-bond acceptors (Lipinski definition) is 6. The van der Waals surface area contributed by atoms with E-state index < -0.39 is 5.82 Å². The maximum absolute atomic E-state index is 13.4. The van der Waals surface area contributed by atoms with Gasteiger partial charge in [-0.2, -0.15) is 0 Å². The van der Waals surface area contributed by atoms with Gasteiger partial charge >= 0.3 is 0 Å². The highest BCUT2D eigenvalue weighted by molar-refractivity contribution is 7.11. The third kappa shape index (κ3) is 3.58. The van der Waals surface area contributed by atoms with Gasteiger partial charge in [-0.1, -0.05) is 11.3 Å². The highest BCUT2D eigenvalue weighted by Crippen LogP contribution is 2.19. The second-order valence-electron chi connectivity index (χ2n) is 4.01. The largest absolute Gasteiger partial charge is 0.486 e. The van der Waals surface area contributed by atoms with Gasteiger partial charge in [-0.3, -0.25) is 4.79 Å². The van der Waals surface area contributed by atoms with Gasteiger partial charge in [0.2, 0.25) is 0 Å². The number of carbonyl (C=O) groups is 1. The number of Topliss-reactive ketones (excluding diaryl/α,β-unsaturated/α-hetero) is 1. The van der Waals surface area contributed by atoms with Gasteiger partial charge in [-0.25, -0.2) is 4.39 Å². The molecular formula is C13H13FN2O3S. The molecule has 106 valence electrons. The van der Waals surface area contributed by atoms with E-state index >= 15 is 0 Å². The number of aromatic nitrogens is 2. The summed E-state index contributed by atoms with van der Waals surface area (Å²) >= 11 is 1.38. The summed E-state index contributed by atoms with van der Waals surface area (Å²) in [4.78, 5) is 11.2. The van der Waals surface area contributed by atoms with Crippen molar-refractivity contribution in [3.63, 3.8) is 0 Å². The van der Waals surface area contributed by atoms with Crippen molar-refractivity contribution in [1.29, 1.82) is 0 Å². The molecule has 1 heterocycles. The van der Waals surface area contributed by atoms with Crippen LogP contribution in [0.4, 0.5) is 4.39 Å². The topological polar surface area (TPSA) is 61.3 Å². The predicted octanol–water partition coefficient (Wildman–Crippen LogP) is 2.61. The molecule has 0 N–H and O–H groups in total. The van der Waals surface area contributed by atoms with E-state index in [9.17, 15) is 9.18 Å². The van der Waals surface area contributed by atoms with Crippen LogP contribution in [0.25, 0.3) is 0 Å². The molecule has 5 nitrogen and oxygen atoms in total. The molecule has 1 aromatic heterocycles. The van der Waals surface area contributed by atoms with Crippen LogP contribution < -0.4 is 4.74 Å². The van der Waals surface area contributed by atoms with Crippen molar-refractivity contribution in [2.24, 2.45) is 0 Å². The van der Waals surface area contributed by atoms with Crippen molar-refractivity contribution in [2.75, 3.05) is 7.11 Å². The fourth-order valence-corrected chi connectivity index (χ4v) is 2.27. The number of ether oxygens (including phenoxy) is 2. The average molecular weight is 296 g/mol. The van der Waals surface area contributed by atoms with E-state index in [1.54, 1.807) is 7.11 Å². The maximum Gasteiger partial charge on any atom is 0.162 e. The van der Waals surface area contributed by atoms with E-state index in [2.05, 4.69) is 10.2 Å². The molecule has 2 rings (SSSR count). The molecule has 0 amide bonds. The van der Waals surface area contributed by atoms with Crippen molar-refractivity contribution in [3.8, 4) is 5.75 Å². The molecule has 2 aromatic rings. The summed E-state index contributed by atoms with van der Waals surface area (Å²) in [6.45, 7) is 1.93. The van der Waals surface area contributed by atoms with Crippen molar-refractivity contribution in [2.45, 2.75) is 20.1 Å². The molecule has 0 bridgehead atoms. The van der Waals surface area contributed by atoms with Crippen molar-refractivity contribution in [3.05, 3.63) is 39.6 Å². The number of hydrogen-bond donors (Lipinski definition) is 0. The molecule has 0 unspecified atom stereocenters. The number of carbonyl (C=O) groups excluding carboxylic acids is 1. The molecule has 0 aliphatic rings. The lowest BCUT2D eigenvalue weighted by molar-refractivity contribution is 0.101. The third-order valence-electron chi connectivity index (χ3n) is 2.46. The first kappa shape index (κ1) is 14.5. The quantitative estimate of drug-likeness (QED) is 0.767. The van der Waals surface area contributed by atoms with Crippen LogP contribution in [0.5, 0.6) is 5.75 Å². The number of ketones is 1. The zero-order valence-electron chi connectivity index (χ0n) is 11.1. The Kier molecular flexibility index (Phi) is 4.75. The van der Waals surface area contributed by atoms with E-state index in [0.717, 1.165) is 5.01 Å². The fraction of sp³-hybridized carbons (Fsp3) is 0.308. The first-order chi connectivity index (χ1) is 9.60. The van der Waals surface area contributed by atoms with Crippen LogP contribution in [0.3, 0.4) is 0 Å². The molecule has 0 fully saturated rings. The lowest BCUT2D eigenvalue weighted by Gasteiger charge is -2.05. The molecule has 1 aromatic carbocycles. The molecule has 0 atom stereocenters. The van der Waals surface area contributed by atoms with E-state index in [-0.39, 0.29) is 18.0 Å². The number of nitrogens with zero attached hydrogens (tertiary/aromatic N) is 2. The van der Waals surface area contributed by atoms with Gasteiger partial charge in [-0.15, -0.1) is 10.2 Å². The van der Waals surface area contributed by atoms with Gasteiger partial charge in [0, 0.05) is 7.11 Å². The summed E-state index contributed by atoms with van der Waals surface area (Å²) in [6, 6.07) is 4.07. The third-order valence-corrected chi connectivity index (χ3v) is 3.33. The van der Waals surface area contributed by atoms with Gasteiger partial charge in [-0.05, 0) is 25.1 Å². The Balaban J connectivity index is 2.03. The predicted molar refractivity (Wildman–Crippen MR) is 71.4 cm³/mol. The lowest BCUT2D eigenvalue weighted by atomic mass is 10.1. The summed E-state index contributed by atoms with van der Waals surface area (Å²) in [5.41, 5.74) is 0.0137. The Hall–Kier alpha value is -1.86. The minimum atomic E-state index is -0.553. The van der Waals surface area contributed by atoms with Gasteiger partial charge in [0.25, 0.3) is 0 Å². The summed E-state index contributed by atoms with van der Waals surface area (Å²) in [7, 11) is 1.58. The fourth-order valence-electron chi connectivity index (χ4n) is 1.54. The Morgan fingerprint density at radius 1 is 1.30 bits per heavy atom.